The van der Waals surface area contributed by atoms with Gasteiger partial charge in [-0.1, -0.05) is 0 Å². The van der Waals surface area contributed by atoms with E-state index in [1.54, 1.807) is 23.8 Å². The Balaban J connectivity index is 2.17. The fraction of sp³-hybridized carbons (Fsp3) is 0.467. The molecule has 5 heteroatoms. The standard InChI is InChI=1S/C15H21N3O2/c1-11-14(19)17(4)9-10-18(11)15(20)12-5-7-13(8-6-12)16(2)3/h5-8,11H,9-10H2,1-4H3. The number of benzene rings is 1. The molecule has 1 aliphatic rings. The molecule has 2 rings (SSSR count). The van der Waals surface area contributed by atoms with Crippen molar-refractivity contribution in [2.45, 2.75) is 13.0 Å². The SMILES string of the molecule is CC1C(=O)N(C)CCN1C(=O)c1ccc(N(C)C)cc1. The van der Waals surface area contributed by atoms with Crippen LogP contribution in [0.3, 0.4) is 0 Å². The van der Waals surface area contributed by atoms with Gasteiger partial charge >= 0.3 is 0 Å². The van der Waals surface area contributed by atoms with Crippen LogP contribution in [0.4, 0.5) is 5.69 Å². The fourth-order valence-electron chi connectivity index (χ4n) is 2.36. The first-order chi connectivity index (χ1) is 9.41. The van der Waals surface area contributed by atoms with Crippen LogP contribution >= 0.6 is 0 Å². The molecule has 0 spiro atoms. The summed E-state index contributed by atoms with van der Waals surface area (Å²) in [7, 11) is 5.68. The molecular weight excluding hydrogens is 254 g/mol. The van der Waals surface area contributed by atoms with Gasteiger partial charge in [0.15, 0.2) is 0 Å². The second kappa shape index (κ2) is 5.53. The lowest BCUT2D eigenvalue weighted by Crippen LogP contribution is -2.56. The van der Waals surface area contributed by atoms with Gasteiger partial charge in [-0.3, -0.25) is 9.59 Å². The van der Waals surface area contributed by atoms with Crippen molar-refractivity contribution in [3.63, 3.8) is 0 Å². The summed E-state index contributed by atoms with van der Waals surface area (Å²) >= 11 is 0. The molecule has 108 valence electrons. The molecule has 2 amide bonds. The molecule has 1 aromatic rings. The van der Waals surface area contributed by atoms with Crippen LogP contribution in [0.1, 0.15) is 17.3 Å². The van der Waals surface area contributed by atoms with Gasteiger partial charge in [0.25, 0.3) is 5.91 Å². The number of carbonyl (C=O) groups is 2. The van der Waals surface area contributed by atoms with E-state index in [1.165, 1.54) is 0 Å². The Morgan fingerprint density at radius 1 is 1.20 bits per heavy atom. The molecule has 1 heterocycles. The maximum atomic E-state index is 12.5. The monoisotopic (exact) mass is 275 g/mol. The first-order valence-corrected chi connectivity index (χ1v) is 6.75. The highest BCUT2D eigenvalue weighted by Crippen LogP contribution is 2.17. The van der Waals surface area contributed by atoms with E-state index in [9.17, 15) is 9.59 Å². The predicted octanol–water partition coefficient (Wildman–Crippen LogP) is 1.06. The van der Waals surface area contributed by atoms with Gasteiger partial charge in [-0.05, 0) is 31.2 Å². The molecule has 1 fully saturated rings. The van der Waals surface area contributed by atoms with Crippen LogP contribution in [-0.2, 0) is 4.79 Å². The fourth-order valence-corrected chi connectivity index (χ4v) is 2.36. The van der Waals surface area contributed by atoms with Crippen molar-refractivity contribution in [3.05, 3.63) is 29.8 Å². The summed E-state index contributed by atoms with van der Waals surface area (Å²) < 4.78 is 0. The Morgan fingerprint density at radius 2 is 1.80 bits per heavy atom. The molecule has 20 heavy (non-hydrogen) atoms. The van der Waals surface area contributed by atoms with Crippen LogP contribution in [0, 0.1) is 0 Å². The van der Waals surface area contributed by atoms with Crippen LogP contribution in [-0.4, -0.2) is 61.9 Å². The van der Waals surface area contributed by atoms with E-state index < -0.39 is 6.04 Å². The van der Waals surface area contributed by atoms with E-state index in [0.717, 1.165) is 5.69 Å². The van der Waals surface area contributed by atoms with E-state index in [0.29, 0.717) is 18.7 Å². The molecule has 0 bridgehead atoms. The summed E-state index contributed by atoms with van der Waals surface area (Å²) in [4.78, 5) is 29.7. The van der Waals surface area contributed by atoms with Crippen molar-refractivity contribution in [2.24, 2.45) is 0 Å². The molecule has 0 saturated carbocycles. The van der Waals surface area contributed by atoms with Gasteiger partial charge in [0.05, 0.1) is 0 Å². The molecule has 5 nitrogen and oxygen atoms in total. The normalized spacial score (nSPS) is 19.2. The highest BCUT2D eigenvalue weighted by atomic mass is 16.2. The first kappa shape index (κ1) is 14.4. The number of hydrogen-bond acceptors (Lipinski definition) is 3. The Labute approximate surface area is 119 Å². The summed E-state index contributed by atoms with van der Waals surface area (Å²) in [6, 6.07) is 7.06. The lowest BCUT2D eigenvalue weighted by atomic mass is 10.1. The zero-order chi connectivity index (χ0) is 14.9. The number of carbonyl (C=O) groups excluding carboxylic acids is 2. The molecule has 1 saturated heterocycles. The number of piperazine rings is 1. The number of rotatable bonds is 2. The molecule has 1 aromatic carbocycles. The van der Waals surface area contributed by atoms with Crippen molar-refractivity contribution in [3.8, 4) is 0 Å². The zero-order valence-corrected chi connectivity index (χ0v) is 12.5. The third kappa shape index (κ3) is 2.61. The van der Waals surface area contributed by atoms with Gasteiger partial charge in [0.2, 0.25) is 5.91 Å². The molecule has 1 aliphatic heterocycles. The molecular formula is C15H21N3O2. The van der Waals surface area contributed by atoms with Crippen molar-refractivity contribution in [1.29, 1.82) is 0 Å². The van der Waals surface area contributed by atoms with Crippen molar-refractivity contribution < 1.29 is 9.59 Å². The number of hydrogen-bond donors (Lipinski definition) is 0. The average Bonchev–Trinajstić information content (AvgIpc) is 2.44. The summed E-state index contributed by atoms with van der Waals surface area (Å²) in [5.74, 6) is -0.0845. The number of nitrogens with zero attached hydrogens (tertiary/aromatic N) is 3. The smallest absolute Gasteiger partial charge is 0.254 e. The quantitative estimate of drug-likeness (QED) is 0.810. The van der Waals surface area contributed by atoms with E-state index >= 15 is 0 Å². The minimum absolute atomic E-state index is 0.00508. The highest BCUT2D eigenvalue weighted by Gasteiger charge is 2.32. The number of anilines is 1. The average molecular weight is 275 g/mol. The molecule has 1 atom stereocenters. The summed E-state index contributed by atoms with van der Waals surface area (Å²) in [6.45, 7) is 2.95. The minimum atomic E-state index is -0.394. The second-order valence-corrected chi connectivity index (χ2v) is 5.38. The number of likely N-dealkylation sites (N-methyl/N-ethyl adjacent to an activating group) is 1. The zero-order valence-electron chi connectivity index (χ0n) is 12.5. The summed E-state index contributed by atoms with van der Waals surface area (Å²) in [5.41, 5.74) is 1.67. The number of amides is 2. The molecule has 0 aliphatic carbocycles. The van der Waals surface area contributed by atoms with Gasteiger partial charge in [-0.2, -0.15) is 0 Å². The van der Waals surface area contributed by atoms with Crippen LogP contribution in [0.15, 0.2) is 24.3 Å². The van der Waals surface area contributed by atoms with Crippen LogP contribution in [0.5, 0.6) is 0 Å². The summed E-state index contributed by atoms with van der Waals surface area (Å²) in [5, 5.41) is 0. The minimum Gasteiger partial charge on any atom is -0.378 e. The predicted molar refractivity (Wildman–Crippen MR) is 78.9 cm³/mol. The van der Waals surface area contributed by atoms with E-state index in [1.807, 2.05) is 43.3 Å². The third-order valence-electron chi connectivity index (χ3n) is 3.77. The van der Waals surface area contributed by atoms with E-state index in [-0.39, 0.29) is 11.8 Å². The Bertz CT molecular complexity index is 510. The van der Waals surface area contributed by atoms with Crippen molar-refractivity contribution in [2.75, 3.05) is 39.1 Å². The first-order valence-electron chi connectivity index (χ1n) is 6.75. The van der Waals surface area contributed by atoms with Crippen LogP contribution < -0.4 is 4.90 Å². The van der Waals surface area contributed by atoms with Crippen LogP contribution in [0.2, 0.25) is 0 Å². The van der Waals surface area contributed by atoms with Gasteiger partial charge in [0, 0.05) is 45.5 Å². The Hall–Kier alpha value is -2.04. The Kier molecular flexibility index (Phi) is 3.97. The maximum absolute atomic E-state index is 12.5. The van der Waals surface area contributed by atoms with E-state index in [4.69, 9.17) is 0 Å². The molecule has 0 radical (unpaired) electrons. The molecule has 0 N–H and O–H groups in total. The van der Waals surface area contributed by atoms with Gasteiger partial charge < -0.3 is 14.7 Å². The van der Waals surface area contributed by atoms with Gasteiger partial charge in [-0.25, -0.2) is 0 Å². The molecule has 1 unspecified atom stereocenters. The summed E-state index contributed by atoms with van der Waals surface area (Å²) in [6.07, 6.45) is 0. The molecule has 0 aromatic heterocycles. The lowest BCUT2D eigenvalue weighted by molar-refractivity contribution is -0.137. The van der Waals surface area contributed by atoms with Crippen LogP contribution in [0.25, 0.3) is 0 Å². The van der Waals surface area contributed by atoms with E-state index in [2.05, 4.69) is 0 Å². The third-order valence-corrected chi connectivity index (χ3v) is 3.77. The maximum Gasteiger partial charge on any atom is 0.254 e. The topological polar surface area (TPSA) is 43.9 Å². The lowest BCUT2D eigenvalue weighted by Gasteiger charge is -2.37. The van der Waals surface area contributed by atoms with Gasteiger partial charge in [0.1, 0.15) is 6.04 Å². The van der Waals surface area contributed by atoms with Gasteiger partial charge in [-0.15, -0.1) is 0 Å². The highest BCUT2D eigenvalue weighted by molar-refractivity contribution is 5.98. The Morgan fingerprint density at radius 3 is 2.35 bits per heavy atom. The van der Waals surface area contributed by atoms with Crippen molar-refractivity contribution in [1.82, 2.24) is 9.80 Å². The largest absolute Gasteiger partial charge is 0.378 e. The second-order valence-electron chi connectivity index (χ2n) is 5.38. The van der Waals surface area contributed by atoms with Crippen molar-refractivity contribution >= 4 is 17.5 Å².